The van der Waals surface area contributed by atoms with E-state index in [1.54, 1.807) is 12.1 Å². The zero-order chi connectivity index (χ0) is 20.1. The maximum Gasteiger partial charge on any atom is 0.269 e. The minimum absolute atomic E-state index is 0.122. The molecule has 1 aliphatic rings. The molecule has 1 amide bonds. The van der Waals surface area contributed by atoms with Crippen molar-refractivity contribution in [2.45, 2.75) is 25.7 Å². The fourth-order valence-corrected chi connectivity index (χ4v) is 3.62. The van der Waals surface area contributed by atoms with Crippen LogP contribution in [0.5, 0.6) is 0 Å². The van der Waals surface area contributed by atoms with Crippen LogP contribution < -0.4 is 0 Å². The molecule has 0 spiro atoms. The second kappa shape index (κ2) is 8.52. The molecule has 6 heteroatoms. The summed E-state index contributed by atoms with van der Waals surface area (Å²) in [6.07, 6.45) is 0.849. The van der Waals surface area contributed by atoms with Crippen LogP contribution in [-0.2, 0) is 16.6 Å². The summed E-state index contributed by atoms with van der Waals surface area (Å²) in [6.45, 7) is 8.04. The molecule has 1 aliphatic heterocycles. The topological polar surface area (TPSA) is 66.7 Å². The molecule has 6 nitrogen and oxygen atoms in total. The van der Waals surface area contributed by atoms with Crippen LogP contribution in [0, 0.1) is 10.1 Å². The normalized spacial score (nSPS) is 15.4. The van der Waals surface area contributed by atoms with Gasteiger partial charge in [-0.2, -0.15) is 0 Å². The molecule has 0 radical (unpaired) electrons. The number of non-ortho nitro benzene ring substituents is 1. The average Bonchev–Trinajstić information content (AvgIpc) is 2.73. The molecule has 2 aromatic rings. The Hall–Kier alpha value is -2.73. The SMILES string of the molecule is CC(C)(C(=O)N1CCN(CCc2ccc([N+](=O)[O-])cc2)CC1)c1ccccc1. The lowest BCUT2D eigenvalue weighted by atomic mass is 9.83. The number of nitro benzene ring substituents is 1. The molecule has 1 heterocycles. The van der Waals surface area contributed by atoms with Gasteiger partial charge in [0.15, 0.2) is 0 Å². The summed E-state index contributed by atoms with van der Waals surface area (Å²) in [4.78, 5) is 27.7. The van der Waals surface area contributed by atoms with Crippen molar-refractivity contribution in [1.29, 1.82) is 0 Å². The van der Waals surface area contributed by atoms with Crippen molar-refractivity contribution >= 4 is 11.6 Å². The maximum atomic E-state index is 13.0. The molecule has 28 heavy (non-hydrogen) atoms. The van der Waals surface area contributed by atoms with Crippen molar-refractivity contribution in [1.82, 2.24) is 9.80 Å². The Labute approximate surface area is 165 Å². The lowest BCUT2D eigenvalue weighted by Crippen LogP contribution is -2.53. The number of hydrogen-bond acceptors (Lipinski definition) is 4. The number of benzene rings is 2. The highest BCUT2D eigenvalue weighted by Crippen LogP contribution is 2.26. The predicted molar refractivity (Wildman–Crippen MR) is 109 cm³/mol. The zero-order valence-electron chi connectivity index (χ0n) is 16.5. The van der Waals surface area contributed by atoms with Gasteiger partial charge in [0.25, 0.3) is 5.69 Å². The van der Waals surface area contributed by atoms with E-state index < -0.39 is 5.41 Å². The van der Waals surface area contributed by atoms with Crippen LogP contribution in [0.25, 0.3) is 0 Å². The zero-order valence-corrected chi connectivity index (χ0v) is 16.5. The highest BCUT2D eigenvalue weighted by Gasteiger charge is 2.34. The first-order valence-corrected chi connectivity index (χ1v) is 9.68. The van der Waals surface area contributed by atoms with Crippen LogP contribution in [0.2, 0.25) is 0 Å². The molecule has 2 aromatic carbocycles. The smallest absolute Gasteiger partial charge is 0.269 e. The van der Waals surface area contributed by atoms with E-state index in [0.29, 0.717) is 0 Å². The number of piperazine rings is 1. The summed E-state index contributed by atoms with van der Waals surface area (Å²) in [5.74, 6) is 0.175. The number of nitrogens with zero attached hydrogens (tertiary/aromatic N) is 3. The van der Waals surface area contributed by atoms with E-state index in [2.05, 4.69) is 4.90 Å². The quantitative estimate of drug-likeness (QED) is 0.569. The lowest BCUT2D eigenvalue weighted by Gasteiger charge is -2.38. The van der Waals surface area contributed by atoms with Crippen molar-refractivity contribution < 1.29 is 9.72 Å². The fraction of sp³-hybridized carbons (Fsp3) is 0.409. The van der Waals surface area contributed by atoms with Crippen LogP contribution in [0.15, 0.2) is 54.6 Å². The van der Waals surface area contributed by atoms with Crippen molar-refractivity contribution in [2.24, 2.45) is 0 Å². The maximum absolute atomic E-state index is 13.0. The average molecular weight is 381 g/mol. The van der Waals surface area contributed by atoms with E-state index in [0.717, 1.165) is 50.3 Å². The Morgan fingerprint density at radius 1 is 1.00 bits per heavy atom. The lowest BCUT2D eigenvalue weighted by molar-refractivity contribution is -0.384. The van der Waals surface area contributed by atoms with Gasteiger partial charge in [-0.05, 0) is 31.4 Å². The van der Waals surface area contributed by atoms with E-state index in [1.165, 1.54) is 0 Å². The van der Waals surface area contributed by atoms with Gasteiger partial charge in [0.1, 0.15) is 0 Å². The van der Waals surface area contributed by atoms with E-state index >= 15 is 0 Å². The third kappa shape index (κ3) is 4.57. The molecular formula is C22H27N3O3. The summed E-state index contributed by atoms with van der Waals surface area (Å²) in [6, 6.07) is 16.7. The summed E-state index contributed by atoms with van der Waals surface area (Å²) in [7, 11) is 0. The monoisotopic (exact) mass is 381 g/mol. The highest BCUT2D eigenvalue weighted by atomic mass is 16.6. The van der Waals surface area contributed by atoms with Gasteiger partial charge in [0.05, 0.1) is 10.3 Å². The van der Waals surface area contributed by atoms with Crippen LogP contribution in [-0.4, -0.2) is 53.4 Å². The first-order valence-electron chi connectivity index (χ1n) is 9.68. The second-order valence-corrected chi connectivity index (χ2v) is 7.80. The summed E-state index contributed by atoms with van der Waals surface area (Å²) in [5, 5.41) is 10.7. The molecule has 0 bridgehead atoms. The van der Waals surface area contributed by atoms with Gasteiger partial charge in [-0.1, -0.05) is 42.5 Å². The van der Waals surface area contributed by atoms with E-state index in [-0.39, 0.29) is 16.5 Å². The standard InChI is InChI=1S/C22H27N3O3/c1-22(2,19-6-4-3-5-7-19)21(26)24-16-14-23(15-17-24)13-12-18-8-10-20(11-9-18)25(27)28/h3-11H,12-17H2,1-2H3. The van der Waals surface area contributed by atoms with Crippen LogP contribution in [0.1, 0.15) is 25.0 Å². The number of nitro groups is 1. The largest absolute Gasteiger partial charge is 0.339 e. The molecular weight excluding hydrogens is 354 g/mol. The Morgan fingerprint density at radius 2 is 1.61 bits per heavy atom. The Balaban J connectivity index is 1.50. The number of amides is 1. The fourth-order valence-electron chi connectivity index (χ4n) is 3.62. The molecule has 0 N–H and O–H groups in total. The molecule has 3 rings (SSSR count). The van der Waals surface area contributed by atoms with E-state index in [4.69, 9.17) is 0 Å². The van der Waals surface area contributed by atoms with Gasteiger partial charge in [-0.25, -0.2) is 0 Å². The van der Waals surface area contributed by atoms with Gasteiger partial charge in [0.2, 0.25) is 5.91 Å². The molecule has 148 valence electrons. The van der Waals surface area contributed by atoms with Gasteiger partial charge in [-0.15, -0.1) is 0 Å². The molecule has 0 aliphatic carbocycles. The number of carbonyl (C=O) groups excluding carboxylic acids is 1. The van der Waals surface area contributed by atoms with Gasteiger partial charge in [0, 0.05) is 44.9 Å². The summed E-state index contributed by atoms with van der Waals surface area (Å²) >= 11 is 0. The van der Waals surface area contributed by atoms with Crippen LogP contribution in [0.4, 0.5) is 5.69 Å². The summed E-state index contributed by atoms with van der Waals surface area (Å²) in [5.41, 5.74) is 1.73. The third-order valence-electron chi connectivity index (χ3n) is 5.55. The van der Waals surface area contributed by atoms with Crippen molar-refractivity contribution in [2.75, 3.05) is 32.7 Å². The van der Waals surface area contributed by atoms with Crippen molar-refractivity contribution in [3.8, 4) is 0 Å². The predicted octanol–water partition coefficient (Wildman–Crippen LogP) is 3.26. The molecule has 1 fully saturated rings. The Morgan fingerprint density at radius 3 is 2.18 bits per heavy atom. The van der Waals surface area contributed by atoms with Gasteiger partial charge in [-0.3, -0.25) is 19.8 Å². The summed E-state index contributed by atoms with van der Waals surface area (Å²) < 4.78 is 0. The van der Waals surface area contributed by atoms with Crippen molar-refractivity contribution in [3.05, 3.63) is 75.8 Å². The van der Waals surface area contributed by atoms with Crippen molar-refractivity contribution in [3.63, 3.8) is 0 Å². The Bertz CT molecular complexity index is 811. The number of rotatable bonds is 6. The molecule has 0 unspecified atom stereocenters. The van der Waals surface area contributed by atoms with Gasteiger partial charge < -0.3 is 4.90 Å². The second-order valence-electron chi connectivity index (χ2n) is 7.80. The molecule has 0 saturated carbocycles. The first kappa shape index (κ1) is 20.0. The third-order valence-corrected chi connectivity index (χ3v) is 5.55. The Kier molecular flexibility index (Phi) is 6.09. The number of hydrogen-bond donors (Lipinski definition) is 0. The van der Waals surface area contributed by atoms with Crippen LogP contribution in [0.3, 0.4) is 0 Å². The highest BCUT2D eigenvalue weighted by molar-refractivity contribution is 5.87. The minimum atomic E-state index is -0.526. The van der Waals surface area contributed by atoms with Crippen LogP contribution >= 0.6 is 0 Å². The minimum Gasteiger partial charge on any atom is -0.339 e. The number of carbonyl (C=O) groups is 1. The first-order chi connectivity index (χ1) is 13.4. The van der Waals surface area contributed by atoms with Gasteiger partial charge >= 0.3 is 0 Å². The molecule has 0 aromatic heterocycles. The molecule has 1 saturated heterocycles. The van der Waals surface area contributed by atoms with E-state index in [1.807, 2.05) is 61.2 Å². The van der Waals surface area contributed by atoms with E-state index in [9.17, 15) is 14.9 Å². The molecule has 0 atom stereocenters.